The van der Waals surface area contributed by atoms with Gasteiger partial charge < -0.3 is 15.2 Å². The van der Waals surface area contributed by atoms with Crippen LogP contribution in [0.15, 0.2) is 35.2 Å². The van der Waals surface area contributed by atoms with Crippen molar-refractivity contribution in [3.8, 4) is 5.75 Å². The Kier molecular flexibility index (Phi) is 5.58. The molecule has 0 atom stereocenters. The standard InChI is InChI=1S/C13H17NO3S/c1-4-17-13(15)9(2)8-18-12-7-10(16-3)5-6-11(12)14/h5-7H,2,4,8,14H2,1,3H3. The van der Waals surface area contributed by atoms with Crippen LogP contribution in [0.25, 0.3) is 0 Å². The Morgan fingerprint density at radius 3 is 2.83 bits per heavy atom. The minimum Gasteiger partial charge on any atom is -0.497 e. The summed E-state index contributed by atoms with van der Waals surface area (Å²) >= 11 is 1.43. The van der Waals surface area contributed by atoms with Gasteiger partial charge in [0.25, 0.3) is 0 Å². The molecule has 0 radical (unpaired) electrons. The maximum atomic E-state index is 11.4. The predicted molar refractivity (Wildman–Crippen MR) is 73.9 cm³/mol. The number of thioether (sulfide) groups is 1. The second-order valence-electron chi connectivity index (χ2n) is 3.52. The normalized spacial score (nSPS) is 9.89. The largest absolute Gasteiger partial charge is 0.497 e. The number of methoxy groups -OCH3 is 1. The molecule has 0 aromatic heterocycles. The number of nitrogens with two attached hydrogens (primary N) is 1. The van der Waals surface area contributed by atoms with Crippen molar-refractivity contribution in [1.29, 1.82) is 0 Å². The molecule has 0 saturated heterocycles. The van der Waals surface area contributed by atoms with E-state index >= 15 is 0 Å². The van der Waals surface area contributed by atoms with Crippen molar-refractivity contribution in [3.05, 3.63) is 30.4 Å². The summed E-state index contributed by atoms with van der Waals surface area (Å²) in [4.78, 5) is 12.2. The van der Waals surface area contributed by atoms with E-state index in [0.29, 0.717) is 23.6 Å². The van der Waals surface area contributed by atoms with E-state index in [2.05, 4.69) is 6.58 Å². The van der Waals surface area contributed by atoms with Crippen molar-refractivity contribution in [2.45, 2.75) is 11.8 Å². The van der Waals surface area contributed by atoms with E-state index in [4.69, 9.17) is 15.2 Å². The van der Waals surface area contributed by atoms with Crippen LogP contribution in [0.2, 0.25) is 0 Å². The fraction of sp³-hybridized carbons (Fsp3) is 0.308. The van der Waals surface area contributed by atoms with Crippen LogP contribution >= 0.6 is 11.8 Å². The summed E-state index contributed by atoms with van der Waals surface area (Å²) in [6.45, 7) is 5.81. The Balaban J connectivity index is 2.63. The summed E-state index contributed by atoms with van der Waals surface area (Å²) in [5.74, 6) is 0.802. The molecule has 0 aliphatic heterocycles. The van der Waals surface area contributed by atoms with Gasteiger partial charge in [0.2, 0.25) is 0 Å². The molecule has 0 aliphatic rings. The van der Waals surface area contributed by atoms with E-state index < -0.39 is 0 Å². The highest BCUT2D eigenvalue weighted by Gasteiger charge is 2.10. The third-order valence-electron chi connectivity index (χ3n) is 2.19. The molecule has 2 N–H and O–H groups in total. The van der Waals surface area contributed by atoms with E-state index in [0.717, 1.165) is 10.6 Å². The zero-order valence-electron chi connectivity index (χ0n) is 10.6. The van der Waals surface area contributed by atoms with Gasteiger partial charge in [-0.25, -0.2) is 4.79 Å². The summed E-state index contributed by atoms with van der Waals surface area (Å²) in [5.41, 5.74) is 6.91. The molecule has 4 nitrogen and oxygen atoms in total. The monoisotopic (exact) mass is 267 g/mol. The van der Waals surface area contributed by atoms with Crippen molar-refractivity contribution >= 4 is 23.4 Å². The van der Waals surface area contributed by atoms with E-state index in [-0.39, 0.29) is 5.97 Å². The Hall–Kier alpha value is -1.62. The molecule has 0 unspecified atom stereocenters. The van der Waals surface area contributed by atoms with Crippen molar-refractivity contribution in [2.75, 3.05) is 25.2 Å². The van der Waals surface area contributed by atoms with Crippen molar-refractivity contribution in [2.24, 2.45) is 0 Å². The zero-order valence-corrected chi connectivity index (χ0v) is 11.4. The quantitative estimate of drug-likeness (QED) is 0.371. The van der Waals surface area contributed by atoms with Gasteiger partial charge in [0, 0.05) is 21.9 Å². The van der Waals surface area contributed by atoms with E-state index in [1.807, 2.05) is 6.07 Å². The van der Waals surface area contributed by atoms with Gasteiger partial charge in [0.15, 0.2) is 0 Å². The van der Waals surface area contributed by atoms with Gasteiger partial charge >= 0.3 is 5.97 Å². The minimum atomic E-state index is -0.369. The van der Waals surface area contributed by atoms with Crippen LogP contribution < -0.4 is 10.5 Å². The molecule has 0 aliphatic carbocycles. The lowest BCUT2D eigenvalue weighted by Crippen LogP contribution is -2.08. The number of rotatable bonds is 6. The predicted octanol–water partition coefficient (Wildman–Crippen LogP) is 2.49. The number of carbonyl (C=O) groups excluding carboxylic acids is 1. The van der Waals surface area contributed by atoms with Crippen LogP contribution in [0.4, 0.5) is 5.69 Å². The van der Waals surface area contributed by atoms with Gasteiger partial charge in [-0.2, -0.15) is 0 Å². The molecular weight excluding hydrogens is 250 g/mol. The lowest BCUT2D eigenvalue weighted by atomic mass is 10.3. The molecular formula is C13H17NO3S. The third kappa shape index (κ3) is 4.00. The molecule has 0 saturated carbocycles. The highest BCUT2D eigenvalue weighted by Crippen LogP contribution is 2.30. The highest BCUT2D eigenvalue weighted by molar-refractivity contribution is 7.99. The molecule has 1 rings (SSSR count). The Morgan fingerprint density at radius 1 is 1.50 bits per heavy atom. The first-order valence-electron chi connectivity index (χ1n) is 5.49. The van der Waals surface area contributed by atoms with E-state index in [1.165, 1.54) is 11.8 Å². The van der Waals surface area contributed by atoms with E-state index in [1.54, 1.807) is 26.2 Å². The summed E-state index contributed by atoms with van der Waals surface area (Å²) in [6, 6.07) is 5.40. The third-order valence-corrected chi connectivity index (χ3v) is 3.34. The van der Waals surface area contributed by atoms with Crippen LogP contribution in [-0.4, -0.2) is 25.4 Å². The van der Waals surface area contributed by atoms with Crippen LogP contribution in [0.3, 0.4) is 0 Å². The molecule has 0 spiro atoms. The molecule has 0 amide bonds. The Labute approximate surface area is 111 Å². The first kappa shape index (κ1) is 14.4. The summed E-state index contributed by atoms with van der Waals surface area (Å²) in [6.07, 6.45) is 0. The number of hydrogen-bond acceptors (Lipinski definition) is 5. The topological polar surface area (TPSA) is 61.5 Å². The Morgan fingerprint density at radius 2 is 2.22 bits per heavy atom. The Bertz CT molecular complexity index is 446. The number of hydrogen-bond donors (Lipinski definition) is 1. The number of nitrogen functional groups attached to an aromatic ring is 1. The fourth-order valence-electron chi connectivity index (χ4n) is 1.22. The first-order chi connectivity index (χ1) is 8.58. The van der Waals surface area contributed by atoms with Crippen LogP contribution in [0.5, 0.6) is 5.75 Å². The number of anilines is 1. The van der Waals surface area contributed by atoms with Gasteiger partial charge in [-0.1, -0.05) is 6.58 Å². The van der Waals surface area contributed by atoms with Gasteiger partial charge in [0.05, 0.1) is 13.7 Å². The fourth-order valence-corrected chi connectivity index (χ4v) is 2.11. The lowest BCUT2D eigenvalue weighted by Gasteiger charge is -2.08. The first-order valence-corrected chi connectivity index (χ1v) is 6.48. The van der Waals surface area contributed by atoms with Crippen molar-refractivity contribution < 1.29 is 14.3 Å². The van der Waals surface area contributed by atoms with Gasteiger partial charge in [-0.15, -0.1) is 11.8 Å². The summed E-state index contributed by atoms with van der Waals surface area (Å²) in [5, 5.41) is 0. The maximum absolute atomic E-state index is 11.4. The number of benzene rings is 1. The van der Waals surface area contributed by atoms with E-state index in [9.17, 15) is 4.79 Å². The highest BCUT2D eigenvalue weighted by atomic mass is 32.2. The number of carbonyl (C=O) groups is 1. The van der Waals surface area contributed by atoms with Crippen molar-refractivity contribution in [3.63, 3.8) is 0 Å². The molecule has 0 fully saturated rings. The molecule has 0 bridgehead atoms. The molecule has 1 aromatic rings. The number of ether oxygens (including phenoxy) is 2. The van der Waals surface area contributed by atoms with Crippen molar-refractivity contribution in [1.82, 2.24) is 0 Å². The lowest BCUT2D eigenvalue weighted by molar-refractivity contribution is -0.138. The molecule has 98 valence electrons. The molecule has 1 aromatic carbocycles. The summed E-state index contributed by atoms with van der Waals surface area (Å²) in [7, 11) is 1.59. The molecule has 18 heavy (non-hydrogen) atoms. The SMILES string of the molecule is C=C(CSc1cc(OC)ccc1N)C(=O)OCC. The average molecular weight is 267 g/mol. The maximum Gasteiger partial charge on any atom is 0.334 e. The van der Waals surface area contributed by atoms with Gasteiger partial charge in [-0.05, 0) is 25.1 Å². The number of esters is 1. The smallest absolute Gasteiger partial charge is 0.334 e. The zero-order chi connectivity index (χ0) is 13.5. The molecule has 5 heteroatoms. The van der Waals surface area contributed by atoms with Gasteiger partial charge in [-0.3, -0.25) is 0 Å². The molecule has 0 heterocycles. The summed E-state index contributed by atoms with van der Waals surface area (Å²) < 4.78 is 9.98. The van der Waals surface area contributed by atoms with Crippen LogP contribution in [0.1, 0.15) is 6.92 Å². The van der Waals surface area contributed by atoms with Gasteiger partial charge in [0.1, 0.15) is 5.75 Å². The minimum absolute atomic E-state index is 0.351. The second kappa shape index (κ2) is 6.96. The average Bonchev–Trinajstić information content (AvgIpc) is 2.37. The van der Waals surface area contributed by atoms with Crippen LogP contribution in [0, 0.1) is 0 Å². The van der Waals surface area contributed by atoms with Crippen LogP contribution in [-0.2, 0) is 9.53 Å². The second-order valence-corrected chi connectivity index (χ2v) is 4.53.